The van der Waals surface area contributed by atoms with Gasteiger partial charge in [-0.2, -0.15) is 5.10 Å². The van der Waals surface area contributed by atoms with E-state index in [9.17, 15) is 9.59 Å². The molecule has 8 nitrogen and oxygen atoms in total. The topological polar surface area (TPSA) is 103 Å². The van der Waals surface area contributed by atoms with Crippen molar-refractivity contribution in [1.29, 1.82) is 0 Å². The highest BCUT2D eigenvalue weighted by atomic mass is 16.5. The van der Waals surface area contributed by atoms with Crippen LogP contribution in [0.25, 0.3) is 0 Å². The molecule has 23 heavy (non-hydrogen) atoms. The minimum Gasteiger partial charge on any atom is -0.492 e. The van der Waals surface area contributed by atoms with Crippen LogP contribution in [-0.2, 0) is 11.3 Å². The molecule has 1 aliphatic rings. The fourth-order valence-electron chi connectivity index (χ4n) is 2.56. The lowest BCUT2D eigenvalue weighted by atomic mass is 10.2. The normalized spacial score (nSPS) is 16.0. The molecule has 0 spiro atoms. The number of nitrogens with zero attached hydrogens (tertiary/aromatic N) is 2. The van der Waals surface area contributed by atoms with Gasteiger partial charge in [0.05, 0.1) is 12.6 Å². The molecule has 0 saturated heterocycles. The van der Waals surface area contributed by atoms with E-state index in [1.807, 2.05) is 29.2 Å². The van der Waals surface area contributed by atoms with E-state index in [0.29, 0.717) is 25.5 Å². The number of para-hydroxylation sites is 1. The molecule has 1 atom stereocenters. The van der Waals surface area contributed by atoms with E-state index in [-0.39, 0.29) is 24.2 Å². The smallest absolute Gasteiger partial charge is 0.340 e. The first-order chi connectivity index (χ1) is 11.1. The number of nitrogens with one attached hydrogen (secondary N) is 3. The van der Waals surface area contributed by atoms with Crippen molar-refractivity contribution in [2.75, 3.05) is 19.7 Å². The maximum absolute atomic E-state index is 12.2. The van der Waals surface area contributed by atoms with Crippen molar-refractivity contribution in [3.63, 3.8) is 0 Å². The van der Waals surface area contributed by atoms with Gasteiger partial charge in [-0.3, -0.25) is 14.7 Å². The highest BCUT2D eigenvalue weighted by Gasteiger charge is 2.19. The number of H-pyrrole nitrogens is 2. The first-order valence-electron chi connectivity index (χ1n) is 7.49. The quantitative estimate of drug-likeness (QED) is 0.746. The molecule has 0 radical (unpaired) electrons. The fraction of sp³-hybridized carbons (Fsp3) is 0.400. The number of aromatic amines is 2. The zero-order valence-corrected chi connectivity index (χ0v) is 12.8. The van der Waals surface area contributed by atoms with Gasteiger partial charge in [-0.15, -0.1) is 0 Å². The molecule has 1 aromatic carbocycles. The first-order valence-corrected chi connectivity index (χ1v) is 7.49. The average Bonchev–Trinajstić information content (AvgIpc) is 2.85. The molecule has 8 heteroatoms. The summed E-state index contributed by atoms with van der Waals surface area (Å²) in [5.74, 6) is 1.16. The molecular weight excluding hydrogens is 298 g/mol. The van der Waals surface area contributed by atoms with Gasteiger partial charge in [-0.1, -0.05) is 18.2 Å². The van der Waals surface area contributed by atoms with Gasteiger partial charge in [0.25, 0.3) is 0 Å². The van der Waals surface area contributed by atoms with Crippen LogP contribution >= 0.6 is 0 Å². The van der Waals surface area contributed by atoms with E-state index >= 15 is 0 Å². The molecule has 2 aromatic rings. The van der Waals surface area contributed by atoms with Crippen molar-refractivity contribution < 1.29 is 9.53 Å². The average molecular weight is 317 g/mol. The van der Waals surface area contributed by atoms with Gasteiger partial charge in [0.15, 0.2) is 5.82 Å². The van der Waals surface area contributed by atoms with E-state index < -0.39 is 0 Å². The monoisotopic (exact) mass is 317 g/mol. The Balaban J connectivity index is 1.58. The molecule has 3 rings (SSSR count). The van der Waals surface area contributed by atoms with Crippen LogP contribution in [0.15, 0.2) is 29.1 Å². The molecule has 2 heterocycles. The van der Waals surface area contributed by atoms with Crippen molar-refractivity contribution >= 4 is 5.91 Å². The Morgan fingerprint density at radius 2 is 2.30 bits per heavy atom. The zero-order chi connectivity index (χ0) is 16.2. The number of aromatic nitrogens is 3. The van der Waals surface area contributed by atoms with Crippen LogP contribution in [-0.4, -0.2) is 45.7 Å². The number of fused-ring (bicyclic) bond motifs is 1. The number of ether oxygens (including phenoxy) is 1. The predicted octanol–water partition coefficient (Wildman–Crippen LogP) is 0.170. The van der Waals surface area contributed by atoms with E-state index in [0.717, 1.165) is 11.3 Å². The van der Waals surface area contributed by atoms with Crippen molar-refractivity contribution in [3.05, 3.63) is 46.1 Å². The number of carbonyl (C=O) groups is 1. The van der Waals surface area contributed by atoms with Gasteiger partial charge >= 0.3 is 5.69 Å². The van der Waals surface area contributed by atoms with Crippen LogP contribution in [0.2, 0.25) is 0 Å². The Bertz CT molecular complexity index is 738. The maximum atomic E-state index is 12.2. The fourth-order valence-corrected chi connectivity index (χ4v) is 2.56. The van der Waals surface area contributed by atoms with Crippen LogP contribution in [0.5, 0.6) is 5.75 Å². The van der Waals surface area contributed by atoms with E-state index in [4.69, 9.17) is 4.74 Å². The molecule has 1 amide bonds. The second-order valence-electron chi connectivity index (χ2n) is 5.52. The summed E-state index contributed by atoms with van der Waals surface area (Å²) in [4.78, 5) is 27.8. The molecule has 1 aromatic heterocycles. The minimum absolute atomic E-state index is 0.124. The molecular formula is C15H19N5O3. The third-order valence-corrected chi connectivity index (χ3v) is 3.71. The second-order valence-corrected chi connectivity index (χ2v) is 5.52. The number of hydrogen-bond donors (Lipinski definition) is 3. The number of rotatable bonds is 4. The summed E-state index contributed by atoms with van der Waals surface area (Å²) in [6.45, 7) is 3.92. The van der Waals surface area contributed by atoms with Crippen LogP contribution in [0.3, 0.4) is 0 Å². The van der Waals surface area contributed by atoms with Crippen molar-refractivity contribution in [3.8, 4) is 5.75 Å². The Kier molecular flexibility index (Phi) is 4.42. The summed E-state index contributed by atoms with van der Waals surface area (Å²) < 4.78 is 5.69. The first kappa shape index (κ1) is 15.3. The highest BCUT2D eigenvalue weighted by Crippen LogP contribution is 2.22. The second kappa shape index (κ2) is 6.66. The lowest BCUT2D eigenvalue weighted by molar-refractivity contribution is -0.123. The number of benzene rings is 1. The van der Waals surface area contributed by atoms with Gasteiger partial charge in [-0.25, -0.2) is 9.89 Å². The van der Waals surface area contributed by atoms with Gasteiger partial charge in [0.1, 0.15) is 12.4 Å². The Morgan fingerprint density at radius 1 is 1.48 bits per heavy atom. The molecule has 0 fully saturated rings. The van der Waals surface area contributed by atoms with E-state index in [2.05, 4.69) is 20.5 Å². The molecule has 0 saturated carbocycles. The molecule has 1 unspecified atom stereocenters. The summed E-state index contributed by atoms with van der Waals surface area (Å²) >= 11 is 0. The van der Waals surface area contributed by atoms with E-state index in [1.54, 1.807) is 6.92 Å². The SMILES string of the molecule is CC(NC(=O)CN1CCOc2ccccc2C1)c1n[nH]c(=O)[nH]1. The van der Waals surface area contributed by atoms with Gasteiger partial charge in [0, 0.05) is 18.7 Å². The Morgan fingerprint density at radius 3 is 3.09 bits per heavy atom. The maximum Gasteiger partial charge on any atom is 0.340 e. The largest absolute Gasteiger partial charge is 0.492 e. The van der Waals surface area contributed by atoms with Crippen molar-refractivity contribution in [2.24, 2.45) is 0 Å². The Labute approximate surface area is 132 Å². The van der Waals surface area contributed by atoms with Gasteiger partial charge in [0.2, 0.25) is 5.91 Å². The lowest BCUT2D eigenvalue weighted by Gasteiger charge is -2.20. The number of hydrogen-bond acceptors (Lipinski definition) is 5. The third-order valence-electron chi connectivity index (χ3n) is 3.71. The lowest BCUT2D eigenvalue weighted by Crippen LogP contribution is -2.39. The summed E-state index contributed by atoms with van der Waals surface area (Å²) in [5.41, 5.74) is 0.685. The zero-order valence-electron chi connectivity index (χ0n) is 12.8. The standard InChI is InChI=1S/C15H19N5O3/c1-10(14-17-15(22)19-18-14)16-13(21)9-20-6-7-23-12-5-3-2-4-11(12)8-20/h2-5,10H,6-9H2,1H3,(H,16,21)(H2,17,18,19,22). The molecule has 3 N–H and O–H groups in total. The summed E-state index contributed by atoms with van der Waals surface area (Å²) in [7, 11) is 0. The summed E-state index contributed by atoms with van der Waals surface area (Å²) in [6.07, 6.45) is 0. The Hall–Kier alpha value is -2.61. The van der Waals surface area contributed by atoms with Gasteiger partial charge in [-0.05, 0) is 13.0 Å². The molecule has 1 aliphatic heterocycles. The minimum atomic E-state index is -0.387. The third kappa shape index (κ3) is 3.78. The number of carbonyl (C=O) groups excluding carboxylic acids is 1. The van der Waals surface area contributed by atoms with Crippen LogP contribution in [0.1, 0.15) is 24.4 Å². The molecule has 0 bridgehead atoms. The van der Waals surface area contributed by atoms with Crippen molar-refractivity contribution in [1.82, 2.24) is 25.4 Å². The predicted molar refractivity (Wildman–Crippen MR) is 83.0 cm³/mol. The molecule has 122 valence electrons. The highest BCUT2D eigenvalue weighted by molar-refractivity contribution is 5.78. The summed E-state index contributed by atoms with van der Waals surface area (Å²) in [6, 6.07) is 7.48. The van der Waals surface area contributed by atoms with E-state index in [1.165, 1.54) is 0 Å². The van der Waals surface area contributed by atoms with Crippen LogP contribution in [0.4, 0.5) is 0 Å². The molecule has 0 aliphatic carbocycles. The number of amides is 1. The van der Waals surface area contributed by atoms with Crippen LogP contribution in [0, 0.1) is 0 Å². The van der Waals surface area contributed by atoms with Gasteiger partial charge < -0.3 is 10.1 Å². The van der Waals surface area contributed by atoms with Crippen LogP contribution < -0.4 is 15.7 Å². The van der Waals surface area contributed by atoms with Crippen molar-refractivity contribution in [2.45, 2.75) is 19.5 Å². The summed E-state index contributed by atoms with van der Waals surface area (Å²) in [5, 5.41) is 8.93.